The number of hydrogen-bond acceptors (Lipinski definition) is 7. The van der Waals surface area contributed by atoms with Gasteiger partial charge in [-0.1, -0.05) is 44.7 Å². The van der Waals surface area contributed by atoms with Crippen molar-refractivity contribution in [2.24, 2.45) is 5.41 Å². The molecule has 3 aromatic rings. The first-order chi connectivity index (χ1) is 15.0. The lowest BCUT2D eigenvalue weighted by atomic mass is 9.86. The topological polar surface area (TPSA) is 125 Å². The van der Waals surface area contributed by atoms with Crippen LogP contribution < -0.4 is 0 Å². The Hall–Kier alpha value is -3.40. The Kier molecular flexibility index (Phi) is 6.54. The van der Waals surface area contributed by atoms with Crippen LogP contribution >= 0.6 is 11.8 Å². The molecule has 3 rings (SSSR count). The van der Waals surface area contributed by atoms with Crippen LogP contribution in [0.3, 0.4) is 0 Å². The molecule has 168 valence electrons. The fourth-order valence-corrected chi connectivity index (χ4v) is 4.43. The minimum atomic E-state index is -1.02. The van der Waals surface area contributed by atoms with Gasteiger partial charge in [0.05, 0.1) is 28.6 Å². The number of imidazole rings is 1. The molecule has 1 atom stereocenters. The molecule has 0 saturated carbocycles. The molecule has 0 aliphatic carbocycles. The van der Waals surface area contributed by atoms with E-state index < -0.39 is 28.3 Å². The molecule has 0 amide bonds. The van der Waals surface area contributed by atoms with Gasteiger partial charge in [0, 0.05) is 17.9 Å². The van der Waals surface area contributed by atoms with Crippen molar-refractivity contribution >= 4 is 40.4 Å². The fourth-order valence-electron chi connectivity index (χ4n) is 3.45. The highest BCUT2D eigenvalue weighted by Gasteiger charge is 2.36. The van der Waals surface area contributed by atoms with Crippen LogP contribution in [-0.4, -0.2) is 38.6 Å². The van der Waals surface area contributed by atoms with Gasteiger partial charge in [-0.2, -0.15) is 0 Å². The standard InChI is InChI=1S/C22H23N3O6S/c1-22(2,3)18(19(26)27)24-17-9-8-15(25(29)30)11-16(17)23-21(24)32-12-13-6-5-7-14(10-13)20(28)31-4/h5-11,18H,12H2,1-4H3,(H,26,27). The molecule has 0 aliphatic rings. The number of non-ortho nitro benzene ring substituents is 1. The third kappa shape index (κ3) is 4.75. The third-order valence-electron chi connectivity index (χ3n) is 4.88. The maximum Gasteiger partial charge on any atom is 0.337 e. The lowest BCUT2D eigenvalue weighted by Gasteiger charge is -2.29. The number of fused-ring (bicyclic) bond motifs is 1. The number of nitro groups is 1. The Morgan fingerprint density at radius 2 is 1.97 bits per heavy atom. The summed E-state index contributed by atoms with van der Waals surface area (Å²) < 4.78 is 6.38. The smallest absolute Gasteiger partial charge is 0.337 e. The van der Waals surface area contributed by atoms with Crippen LogP contribution in [-0.2, 0) is 15.3 Å². The highest BCUT2D eigenvalue weighted by molar-refractivity contribution is 7.98. The highest BCUT2D eigenvalue weighted by Crippen LogP contribution is 2.39. The van der Waals surface area contributed by atoms with Gasteiger partial charge in [-0.25, -0.2) is 14.6 Å². The normalized spacial score (nSPS) is 12.5. The van der Waals surface area contributed by atoms with Gasteiger partial charge in [-0.05, 0) is 29.2 Å². The number of methoxy groups -OCH3 is 1. The summed E-state index contributed by atoms with van der Waals surface area (Å²) in [5.41, 5.74) is 1.32. The minimum absolute atomic E-state index is 0.118. The zero-order valence-electron chi connectivity index (χ0n) is 18.1. The number of thioether (sulfide) groups is 1. The van der Waals surface area contributed by atoms with Gasteiger partial charge in [0.25, 0.3) is 5.69 Å². The predicted octanol–water partition coefficient (Wildman–Crippen LogP) is 4.70. The van der Waals surface area contributed by atoms with Crippen molar-refractivity contribution in [2.75, 3.05) is 7.11 Å². The number of carbonyl (C=O) groups is 2. The number of aliphatic carboxylic acids is 1. The van der Waals surface area contributed by atoms with E-state index in [0.29, 0.717) is 27.5 Å². The van der Waals surface area contributed by atoms with E-state index in [1.165, 1.54) is 37.1 Å². The van der Waals surface area contributed by atoms with Crippen LogP contribution in [0, 0.1) is 15.5 Å². The van der Waals surface area contributed by atoms with E-state index in [1.54, 1.807) is 22.8 Å². The molecule has 0 spiro atoms. The molecular formula is C22H23N3O6S. The number of carboxylic acids is 1. The minimum Gasteiger partial charge on any atom is -0.480 e. The van der Waals surface area contributed by atoms with Crippen molar-refractivity contribution in [3.05, 3.63) is 63.7 Å². The molecule has 1 unspecified atom stereocenters. The van der Waals surface area contributed by atoms with Crippen LogP contribution in [0.5, 0.6) is 0 Å². The molecule has 0 fully saturated rings. The van der Waals surface area contributed by atoms with Crippen LogP contribution in [0.15, 0.2) is 47.6 Å². The summed E-state index contributed by atoms with van der Waals surface area (Å²) in [5, 5.41) is 21.6. The number of nitro benzene ring substituents is 1. The first-order valence-electron chi connectivity index (χ1n) is 9.72. The SMILES string of the molecule is COC(=O)c1cccc(CSc2nc3cc([N+](=O)[O-])ccc3n2C(C(=O)O)C(C)(C)C)c1. The Bertz CT molecular complexity index is 1200. The quantitative estimate of drug-likeness (QED) is 0.234. The van der Waals surface area contributed by atoms with E-state index in [0.717, 1.165) is 5.56 Å². The monoisotopic (exact) mass is 457 g/mol. The molecular weight excluding hydrogens is 434 g/mol. The van der Waals surface area contributed by atoms with E-state index in [2.05, 4.69) is 4.98 Å². The summed E-state index contributed by atoms with van der Waals surface area (Å²) in [4.78, 5) is 39.2. The predicted molar refractivity (Wildman–Crippen MR) is 120 cm³/mol. The summed E-state index contributed by atoms with van der Waals surface area (Å²) in [5.74, 6) is -1.06. The Labute approximate surface area is 188 Å². The highest BCUT2D eigenvalue weighted by atomic mass is 32.2. The van der Waals surface area contributed by atoms with E-state index >= 15 is 0 Å². The second-order valence-corrected chi connectivity index (χ2v) is 9.22. The maximum atomic E-state index is 12.2. The summed E-state index contributed by atoms with van der Waals surface area (Å²) >= 11 is 1.30. The van der Waals surface area contributed by atoms with Crippen molar-refractivity contribution in [1.29, 1.82) is 0 Å². The van der Waals surface area contributed by atoms with Gasteiger partial charge in [0.2, 0.25) is 0 Å². The van der Waals surface area contributed by atoms with E-state index in [-0.39, 0.29) is 5.69 Å². The Balaban J connectivity index is 2.08. The fraction of sp³-hybridized carbons (Fsp3) is 0.318. The van der Waals surface area contributed by atoms with Crippen LogP contribution in [0.1, 0.15) is 42.7 Å². The molecule has 32 heavy (non-hydrogen) atoms. The Morgan fingerprint density at radius 1 is 1.25 bits per heavy atom. The average molecular weight is 458 g/mol. The molecule has 0 saturated heterocycles. The van der Waals surface area contributed by atoms with Crippen molar-refractivity contribution in [3.8, 4) is 0 Å². The molecule has 2 aromatic carbocycles. The van der Waals surface area contributed by atoms with Gasteiger partial charge in [0.1, 0.15) is 6.04 Å². The largest absolute Gasteiger partial charge is 0.480 e. The van der Waals surface area contributed by atoms with Gasteiger partial charge < -0.3 is 14.4 Å². The molecule has 0 radical (unpaired) electrons. The van der Waals surface area contributed by atoms with Crippen LogP contribution in [0.2, 0.25) is 0 Å². The first kappa shape index (κ1) is 23.3. The number of ether oxygens (including phenoxy) is 1. The molecule has 10 heteroatoms. The zero-order valence-corrected chi connectivity index (χ0v) is 18.9. The molecule has 1 aromatic heterocycles. The third-order valence-corrected chi connectivity index (χ3v) is 5.90. The molecule has 1 N–H and O–H groups in total. The van der Waals surface area contributed by atoms with Gasteiger partial charge in [-0.3, -0.25) is 10.1 Å². The second kappa shape index (κ2) is 8.99. The number of carboxylic acid groups (broad SMARTS) is 1. The summed E-state index contributed by atoms with van der Waals surface area (Å²) in [6.45, 7) is 5.45. The molecule has 9 nitrogen and oxygen atoms in total. The van der Waals surface area contributed by atoms with E-state index in [4.69, 9.17) is 4.74 Å². The number of hydrogen-bond donors (Lipinski definition) is 1. The van der Waals surface area contributed by atoms with Gasteiger partial charge in [0.15, 0.2) is 5.16 Å². The van der Waals surface area contributed by atoms with Gasteiger partial charge >= 0.3 is 11.9 Å². The second-order valence-electron chi connectivity index (χ2n) is 8.28. The van der Waals surface area contributed by atoms with Crippen molar-refractivity contribution in [3.63, 3.8) is 0 Å². The summed E-state index contributed by atoms with van der Waals surface area (Å²) in [7, 11) is 1.31. The van der Waals surface area contributed by atoms with Crippen molar-refractivity contribution in [1.82, 2.24) is 9.55 Å². The molecule has 1 heterocycles. The number of carbonyl (C=O) groups excluding carboxylic acids is 1. The summed E-state index contributed by atoms with van der Waals surface area (Å²) in [6.07, 6.45) is 0. The first-order valence-corrected chi connectivity index (χ1v) is 10.7. The molecule has 0 aliphatic heterocycles. The van der Waals surface area contributed by atoms with Gasteiger partial charge in [-0.15, -0.1) is 0 Å². The maximum absolute atomic E-state index is 12.2. The lowest BCUT2D eigenvalue weighted by Crippen LogP contribution is -2.32. The summed E-state index contributed by atoms with van der Waals surface area (Å²) in [6, 6.07) is 10.2. The molecule has 0 bridgehead atoms. The number of benzene rings is 2. The Morgan fingerprint density at radius 3 is 2.56 bits per heavy atom. The van der Waals surface area contributed by atoms with Crippen LogP contribution in [0.4, 0.5) is 5.69 Å². The van der Waals surface area contributed by atoms with E-state index in [9.17, 15) is 24.8 Å². The zero-order chi connectivity index (χ0) is 23.6. The number of rotatable bonds is 7. The lowest BCUT2D eigenvalue weighted by molar-refractivity contribution is -0.384. The van der Waals surface area contributed by atoms with Crippen molar-refractivity contribution in [2.45, 2.75) is 37.7 Å². The van der Waals surface area contributed by atoms with Crippen molar-refractivity contribution < 1.29 is 24.4 Å². The number of aromatic nitrogens is 2. The number of nitrogens with zero attached hydrogens (tertiary/aromatic N) is 3. The van der Waals surface area contributed by atoms with Crippen LogP contribution in [0.25, 0.3) is 11.0 Å². The number of esters is 1. The van der Waals surface area contributed by atoms with E-state index in [1.807, 2.05) is 26.8 Å². The average Bonchev–Trinajstić information content (AvgIpc) is 3.07.